The van der Waals surface area contributed by atoms with Crippen LogP contribution >= 0.6 is 11.6 Å². The first-order valence-corrected chi connectivity index (χ1v) is 4.93. The van der Waals surface area contributed by atoms with E-state index in [0.29, 0.717) is 18.4 Å². The van der Waals surface area contributed by atoms with Crippen molar-refractivity contribution in [1.29, 1.82) is 0 Å². The highest BCUT2D eigenvalue weighted by molar-refractivity contribution is 6.26. The molecule has 1 aliphatic rings. The number of rotatable bonds is 1. The molecule has 1 rings (SSSR count). The Morgan fingerprint density at radius 2 is 2.46 bits per heavy atom. The van der Waals surface area contributed by atoms with Gasteiger partial charge in [0.1, 0.15) is 0 Å². The average molecular weight is 200 g/mol. The third kappa shape index (κ3) is 1.37. The Labute approximate surface area is 84.0 Å². The van der Waals surface area contributed by atoms with Crippen molar-refractivity contribution in [3.05, 3.63) is 22.5 Å². The summed E-state index contributed by atoms with van der Waals surface area (Å²) in [7, 11) is 0. The van der Waals surface area contributed by atoms with Crippen molar-refractivity contribution >= 4 is 11.6 Å². The van der Waals surface area contributed by atoms with E-state index in [2.05, 4.69) is 4.85 Å². The van der Waals surface area contributed by atoms with Crippen molar-refractivity contribution in [3.8, 4) is 0 Å². The molecule has 1 saturated carbocycles. The standard InChI is InChI=1S/C10H14ClNO/c1-4-10(12-3)7(2)5-9(13)8(10)6-11/h6-7,9,13H,4-5H2,1-2H3/b8-6-/t7-,9+,10-/m0/s1. The van der Waals surface area contributed by atoms with Gasteiger partial charge in [0.15, 0.2) is 0 Å². The van der Waals surface area contributed by atoms with Crippen LogP contribution < -0.4 is 0 Å². The van der Waals surface area contributed by atoms with E-state index in [9.17, 15) is 5.11 Å². The van der Waals surface area contributed by atoms with Gasteiger partial charge in [0.2, 0.25) is 0 Å². The van der Waals surface area contributed by atoms with E-state index in [1.165, 1.54) is 5.54 Å². The lowest BCUT2D eigenvalue weighted by Crippen LogP contribution is -2.29. The Morgan fingerprint density at radius 3 is 2.77 bits per heavy atom. The van der Waals surface area contributed by atoms with E-state index in [4.69, 9.17) is 18.2 Å². The predicted molar refractivity (Wildman–Crippen MR) is 53.3 cm³/mol. The molecule has 0 aromatic rings. The molecular weight excluding hydrogens is 186 g/mol. The van der Waals surface area contributed by atoms with E-state index in [-0.39, 0.29) is 5.92 Å². The number of aliphatic hydroxyl groups excluding tert-OH is 1. The molecule has 3 atom stereocenters. The zero-order chi connectivity index (χ0) is 10.1. The molecular formula is C10H14ClNO. The highest BCUT2D eigenvalue weighted by Crippen LogP contribution is 2.45. The smallest absolute Gasteiger partial charge is 0.259 e. The number of aliphatic hydroxyl groups is 1. The Hall–Kier alpha value is -0.520. The molecule has 0 aliphatic heterocycles. The maximum Gasteiger partial charge on any atom is 0.259 e. The first-order valence-electron chi connectivity index (χ1n) is 4.49. The molecule has 0 unspecified atom stereocenters. The maximum atomic E-state index is 9.66. The fraction of sp³-hybridized carbons (Fsp3) is 0.700. The summed E-state index contributed by atoms with van der Waals surface area (Å²) in [5.74, 6) is 0.190. The SMILES string of the molecule is [C-]#[N+][C@]1(CC)/C(=C\Cl)[C@H](O)C[C@@H]1C. The first kappa shape index (κ1) is 10.6. The van der Waals surface area contributed by atoms with Gasteiger partial charge in [-0.2, -0.15) is 0 Å². The number of hydrogen-bond acceptors (Lipinski definition) is 1. The second-order valence-corrected chi connectivity index (χ2v) is 3.82. The van der Waals surface area contributed by atoms with E-state index >= 15 is 0 Å². The first-order chi connectivity index (χ1) is 6.12. The van der Waals surface area contributed by atoms with Gasteiger partial charge in [-0.3, -0.25) is 0 Å². The average Bonchev–Trinajstić information content (AvgIpc) is 2.36. The molecule has 0 radical (unpaired) electrons. The van der Waals surface area contributed by atoms with Gasteiger partial charge in [-0.1, -0.05) is 25.4 Å². The van der Waals surface area contributed by atoms with Gasteiger partial charge in [0.05, 0.1) is 11.7 Å². The second-order valence-electron chi connectivity index (χ2n) is 3.61. The number of hydrogen-bond donors (Lipinski definition) is 1. The van der Waals surface area contributed by atoms with Crippen LogP contribution in [0.25, 0.3) is 4.85 Å². The summed E-state index contributed by atoms with van der Waals surface area (Å²) in [5.41, 5.74) is 1.52. The molecule has 1 fully saturated rings. The van der Waals surface area contributed by atoms with E-state index in [1.54, 1.807) is 0 Å². The van der Waals surface area contributed by atoms with Crippen LogP contribution in [0.15, 0.2) is 11.1 Å². The molecule has 0 aromatic carbocycles. The van der Waals surface area contributed by atoms with E-state index in [0.717, 1.165) is 0 Å². The monoisotopic (exact) mass is 199 g/mol. The van der Waals surface area contributed by atoms with E-state index in [1.807, 2.05) is 13.8 Å². The van der Waals surface area contributed by atoms with Crippen molar-refractivity contribution in [1.82, 2.24) is 0 Å². The highest BCUT2D eigenvalue weighted by atomic mass is 35.5. The fourth-order valence-corrected chi connectivity index (χ4v) is 2.54. The van der Waals surface area contributed by atoms with Crippen molar-refractivity contribution in [2.24, 2.45) is 5.92 Å². The highest BCUT2D eigenvalue weighted by Gasteiger charge is 2.53. The third-order valence-corrected chi connectivity index (χ3v) is 3.34. The lowest BCUT2D eigenvalue weighted by atomic mass is 9.84. The summed E-state index contributed by atoms with van der Waals surface area (Å²) in [5, 5.41) is 9.66. The van der Waals surface area contributed by atoms with Crippen LogP contribution in [0.1, 0.15) is 26.7 Å². The Kier molecular flexibility index (Phi) is 3.00. The zero-order valence-corrected chi connectivity index (χ0v) is 8.67. The number of nitrogens with zero attached hydrogens (tertiary/aromatic N) is 1. The molecule has 3 heteroatoms. The fourth-order valence-electron chi connectivity index (χ4n) is 2.20. The molecule has 0 heterocycles. The van der Waals surface area contributed by atoms with E-state index < -0.39 is 11.6 Å². The summed E-state index contributed by atoms with van der Waals surface area (Å²) in [6.07, 6.45) is 0.837. The Balaban J connectivity index is 3.14. The molecule has 1 aliphatic carbocycles. The lowest BCUT2D eigenvalue weighted by molar-refractivity contribution is 0.210. The minimum absolute atomic E-state index is 0.190. The van der Waals surface area contributed by atoms with Gasteiger partial charge >= 0.3 is 0 Å². The zero-order valence-electron chi connectivity index (χ0n) is 7.92. The molecule has 0 amide bonds. The van der Waals surface area contributed by atoms with Gasteiger partial charge in [-0.15, -0.1) is 0 Å². The van der Waals surface area contributed by atoms with Gasteiger partial charge < -0.3 is 9.95 Å². The second kappa shape index (κ2) is 3.69. The molecule has 0 aromatic heterocycles. The van der Waals surface area contributed by atoms with Crippen LogP contribution in [0, 0.1) is 12.5 Å². The lowest BCUT2D eigenvalue weighted by Gasteiger charge is -2.20. The van der Waals surface area contributed by atoms with Crippen molar-refractivity contribution in [2.45, 2.75) is 38.3 Å². The van der Waals surface area contributed by atoms with Crippen molar-refractivity contribution in [3.63, 3.8) is 0 Å². The van der Waals surface area contributed by atoms with Gasteiger partial charge in [-0.25, -0.2) is 6.57 Å². The van der Waals surface area contributed by atoms with Crippen LogP contribution in [0.5, 0.6) is 0 Å². The summed E-state index contributed by atoms with van der Waals surface area (Å²) >= 11 is 5.64. The van der Waals surface area contributed by atoms with Gasteiger partial charge in [0.25, 0.3) is 5.54 Å². The Bertz CT molecular complexity index is 269. The molecule has 13 heavy (non-hydrogen) atoms. The summed E-state index contributed by atoms with van der Waals surface area (Å²) < 4.78 is 0. The number of halogens is 1. The minimum atomic E-state index is -0.554. The third-order valence-electron chi connectivity index (χ3n) is 3.11. The summed E-state index contributed by atoms with van der Waals surface area (Å²) in [6, 6.07) is 0. The van der Waals surface area contributed by atoms with Crippen LogP contribution in [-0.4, -0.2) is 16.7 Å². The normalized spacial score (nSPS) is 42.2. The quantitative estimate of drug-likeness (QED) is 0.645. The van der Waals surface area contributed by atoms with Gasteiger partial charge in [0, 0.05) is 17.9 Å². The minimum Gasteiger partial charge on any atom is -0.388 e. The van der Waals surface area contributed by atoms with Gasteiger partial charge in [-0.05, 0) is 6.42 Å². The summed E-state index contributed by atoms with van der Waals surface area (Å²) in [4.78, 5) is 3.66. The van der Waals surface area contributed by atoms with Crippen molar-refractivity contribution < 1.29 is 5.11 Å². The molecule has 0 saturated heterocycles. The van der Waals surface area contributed by atoms with Crippen molar-refractivity contribution in [2.75, 3.05) is 0 Å². The topological polar surface area (TPSA) is 24.6 Å². The van der Waals surface area contributed by atoms with Crippen LogP contribution in [0.3, 0.4) is 0 Å². The maximum absolute atomic E-state index is 9.66. The summed E-state index contributed by atoms with van der Waals surface area (Å²) in [6.45, 7) is 11.2. The Morgan fingerprint density at radius 1 is 1.85 bits per heavy atom. The molecule has 2 nitrogen and oxygen atoms in total. The molecule has 0 spiro atoms. The van der Waals surface area contributed by atoms with Crippen LogP contribution in [-0.2, 0) is 0 Å². The molecule has 0 bridgehead atoms. The van der Waals surface area contributed by atoms with Crippen LogP contribution in [0.4, 0.5) is 0 Å². The largest absolute Gasteiger partial charge is 0.388 e. The molecule has 1 N–H and O–H groups in total. The molecule has 72 valence electrons. The predicted octanol–water partition coefficient (Wildman–Crippen LogP) is 2.58. The van der Waals surface area contributed by atoms with Crippen LogP contribution in [0.2, 0.25) is 0 Å².